The lowest BCUT2D eigenvalue weighted by Gasteiger charge is -2.56. The first-order valence-corrected chi connectivity index (χ1v) is 10.0. The van der Waals surface area contributed by atoms with E-state index in [1.807, 2.05) is 0 Å². The van der Waals surface area contributed by atoms with E-state index in [1.165, 1.54) is 67.5 Å². The molecular formula is C20H29BrN2. The summed E-state index contributed by atoms with van der Waals surface area (Å²) in [4.78, 5) is 5.47. The van der Waals surface area contributed by atoms with Crippen molar-refractivity contribution in [1.82, 2.24) is 4.90 Å². The van der Waals surface area contributed by atoms with Crippen LogP contribution in [-0.2, 0) is 5.41 Å². The number of nitrogens with zero attached hydrogens (tertiary/aromatic N) is 2. The first kappa shape index (κ1) is 16.0. The van der Waals surface area contributed by atoms with Crippen LogP contribution in [0.25, 0.3) is 0 Å². The summed E-state index contributed by atoms with van der Waals surface area (Å²) < 4.78 is 1.21. The Bertz CT molecular complexity index is 598. The molecule has 4 rings (SSSR count). The Hall–Kier alpha value is -0.540. The van der Waals surface area contributed by atoms with Crippen LogP contribution in [0.15, 0.2) is 22.7 Å². The Kier molecular flexibility index (Phi) is 3.81. The van der Waals surface area contributed by atoms with E-state index < -0.39 is 0 Å². The van der Waals surface area contributed by atoms with Crippen LogP contribution in [0.5, 0.6) is 0 Å². The fourth-order valence-electron chi connectivity index (χ4n) is 5.10. The van der Waals surface area contributed by atoms with Crippen LogP contribution >= 0.6 is 15.9 Å². The SMILES string of the molecule is CC1(C)CN(C2CC(C)(N3CCCCC3)C2)c2cc(Br)ccc21. The van der Waals surface area contributed by atoms with Crippen LogP contribution in [0.4, 0.5) is 5.69 Å². The van der Waals surface area contributed by atoms with E-state index in [4.69, 9.17) is 0 Å². The van der Waals surface area contributed by atoms with E-state index in [9.17, 15) is 0 Å². The molecule has 0 spiro atoms. The number of benzene rings is 1. The first-order chi connectivity index (χ1) is 10.9. The summed E-state index contributed by atoms with van der Waals surface area (Å²) in [6.07, 6.45) is 6.88. The lowest BCUT2D eigenvalue weighted by atomic mass is 9.71. The van der Waals surface area contributed by atoms with Gasteiger partial charge in [-0.15, -0.1) is 0 Å². The van der Waals surface area contributed by atoms with Gasteiger partial charge in [-0.05, 0) is 63.4 Å². The van der Waals surface area contributed by atoms with Crippen molar-refractivity contribution in [3.8, 4) is 0 Å². The number of rotatable bonds is 2. The molecule has 2 nitrogen and oxygen atoms in total. The van der Waals surface area contributed by atoms with Gasteiger partial charge in [-0.2, -0.15) is 0 Å². The van der Waals surface area contributed by atoms with Gasteiger partial charge in [-0.3, -0.25) is 4.90 Å². The summed E-state index contributed by atoms with van der Waals surface area (Å²) in [5.74, 6) is 0. The molecule has 0 N–H and O–H groups in total. The molecule has 1 aromatic carbocycles. The molecule has 126 valence electrons. The highest BCUT2D eigenvalue weighted by atomic mass is 79.9. The number of anilines is 1. The first-order valence-electron chi connectivity index (χ1n) is 9.21. The van der Waals surface area contributed by atoms with Crippen LogP contribution in [0.3, 0.4) is 0 Å². The summed E-state index contributed by atoms with van der Waals surface area (Å²) in [5, 5.41) is 0. The molecule has 23 heavy (non-hydrogen) atoms. The normalized spacial score (nSPS) is 33.4. The number of hydrogen-bond acceptors (Lipinski definition) is 2. The summed E-state index contributed by atoms with van der Waals surface area (Å²) in [7, 11) is 0. The molecule has 0 atom stereocenters. The van der Waals surface area contributed by atoms with E-state index in [-0.39, 0.29) is 5.41 Å². The fourth-order valence-corrected chi connectivity index (χ4v) is 5.45. The van der Waals surface area contributed by atoms with Crippen LogP contribution in [0.2, 0.25) is 0 Å². The Morgan fingerprint density at radius 2 is 1.74 bits per heavy atom. The molecule has 1 saturated carbocycles. The molecule has 0 amide bonds. The van der Waals surface area contributed by atoms with Gasteiger partial charge >= 0.3 is 0 Å². The van der Waals surface area contributed by atoms with Gasteiger partial charge in [0, 0.05) is 33.7 Å². The van der Waals surface area contributed by atoms with Gasteiger partial charge in [0.05, 0.1) is 0 Å². The maximum Gasteiger partial charge on any atom is 0.0419 e. The second-order valence-corrected chi connectivity index (χ2v) is 9.70. The molecule has 1 aromatic rings. The van der Waals surface area contributed by atoms with E-state index >= 15 is 0 Å². The van der Waals surface area contributed by atoms with Gasteiger partial charge in [0.15, 0.2) is 0 Å². The van der Waals surface area contributed by atoms with Crippen molar-refractivity contribution < 1.29 is 0 Å². The predicted octanol–water partition coefficient (Wildman–Crippen LogP) is 4.95. The van der Waals surface area contributed by atoms with E-state index in [2.05, 4.69) is 64.7 Å². The molecule has 2 heterocycles. The number of likely N-dealkylation sites (tertiary alicyclic amines) is 1. The van der Waals surface area contributed by atoms with Crippen molar-refractivity contribution in [2.75, 3.05) is 24.5 Å². The van der Waals surface area contributed by atoms with Gasteiger partial charge in [0.1, 0.15) is 0 Å². The molecular weight excluding hydrogens is 348 g/mol. The Morgan fingerprint density at radius 3 is 2.43 bits per heavy atom. The van der Waals surface area contributed by atoms with E-state index in [0.717, 1.165) is 6.04 Å². The van der Waals surface area contributed by atoms with Crippen LogP contribution in [-0.4, -0.2) is 36.1 Å². The highest BCUT2D eigenvalue weighted by Crippen LogP contribution is 2.49. The second-order valence-electron chi connectivity index (χ2n) is 8.78. The largest absolute Gasteiger partial charge is 0.367 e. The van der Waals surface area contributed by atoms with Crippen molar-refractivity contribution in [3.05, 3.63) is 28.2 Å². The van der Waals surface area contributed by atoms with Gasteiger partial charge < -0.3 is 4.90 Å². The molecule has 3 aliphatic rings. The number of halogens is 1. The molecule has 0 unspecified atom stereocenters. The van der Waals surface area contributed by atoms with Crippen LogP contribution in [0, 0.1) is 0 Å². The highest BCUT2D eigenvalue weighted by Gasteiger charge is 2.50. The number of fused-ring (bicyclic) bond motifs is 1. The smallest absolute Gasteiger partial charge is 0.0419 e. The van der Waals surface area contributed by atoms with E-state index in [1.54, 1.807) is 0 Å². The average molecular weight is 377 g/mol. The predicted molar refractivity (Wildman–Crippen MR) is 101 cm³/mol. The zero-order chi connectivity index (χ0) is 16.2. The zero-order valence-corrected chi connectivity index (χ0v) is 16.3. The monoisotopic (exact) mass is 376 g/mol. The lowest BCUT2D eigenvalue weighted by molar-refractivity contribution is 0.00197. The van der Waals surface area contributed by atoms with Crippen LogP contribution < -0.4 is 4.90 Å². The van der Waals surface area contributed by atoms with Crippen molar-refractivity contribution in [1.29, 1.82) is 0 Å². The minimum absolute atomic E-state index is 0.271. The standard InChI is InChI=1S/C20H29BrN2/c1-19(2)14-23(18-11-15(21)7-8-17(18)19)16-12-20(3,13-16)22-9-5-4-6-10-22/h7-8,11,16H,4-6,9-10,12-14H2,1-3H3. The maximum atomic E-state index is 3.67. The molecule has 3 heteroatoms. The molecule has 0 bridgehead atoms. The Labute approximate surface area is 149 Å². The molecule has 1 aliphatic carbocycles. The average Bonchev–Trinajstić information content (AvgIpc) is 2.75. The topological polar surface area (TPSA) is 6.48 Å². The molecule has 2 fully saturated rings. The van der Waals surface area contributed by atoms with Crippen molar-refractivity contribution >= 4 is 21.6 Å². The third kappa shape index (κ3) is 2.64. The van der Waals surface area contributed by atoms with Gasteiger partial charge in [0.2, 0.25) is 0 Å². The lowest BCUT2D eigenvalue weighted by Crippen LogP contribution is -2.63. The fraction of sp³-hybridized carbons (Fsp3) is 0.700. The summed E-state index contributed by atoms with van der Waals surface area (Å²) in [5.41, 5.74) is 3.71. The second kappa shape index (κ2) is 5.49. The molecule has 2 aliphatic heterocycles. The number of hydrogen-bond donors (Lipinski definition) is 0. The molecule has 0 aromatic heterocycles. The van der Waals surface area contributed by atoms with Crippen molar-refractivity contribution in [2.45, 2.75) is 69.9 Å². The maximum absolute atomic E-state index is 3.67. The van der Waals surface area contributed by atoms with E-state index in [0.29, 0.717) is 5.54 Å². The van der Waals surface area contributed by atoms with Gasteiger partial charge in [0.25, 0.3) is 0 Å². The Balaban J connectivity index is 1.52. The van der Waals surface area contributed by atoms with Crippen molar-refractivity contribution in [2.24, 2.45) is 0 Å². The third-order valence-electron chi connectivity index (χ3n) is 6.47. The molecule has 0 radical (unpaired) electrons. The zero-order valence-electron chi connectivity index (χ0n) is 14.7. The number of piperidine rings is 1. The summed E-state index contributed by atoms with van der Waals surface area (Å²) in [6.45, 7) is 11.1. The van der Waals surface area contributed by atoms with Gasteiger partial charge in [-0.25, -0.2) is 0 Å². The van der Waals surface area contributed by atoms with Crippen molar-refractivity contribution in [3.63, 3.8) is 0 Å². The minimum atomic E-state index is 0.271. The highest BCUT2D eigenvalue weighted by molar-refractivity contribution is 9.10. The minimum Gasteiger partial charge on any atom is -0.367 e. The Morgan fingerprint density at radius 1 is 1.04 bits per heavy atom. The summed E-state index contributed by atoms with van der Waals surface area (Å²) >= 11 is 3.67. The summed E-state index contributed by atoms with van der Waals surface area (Å²) in [6, 6.07) is 7.57. The van der Waals surface area contributed by atoms with Crippen LogP contribution in [0.1, 0.15) is 58.4 Å². The van der Waals surface area contributed by atoms with Gasteiger partial charge in [-0.1, -0.05) is 42.3 Å². The molecule has 1 saturated heterocycles. The quantitative estimate of drug-likeness (QED) is 0.719. The third-order valence-corrected chi connectivity index (χ3v) is 6.97.